The summed E-state index contributed by atoms with van der Waals surface area (Å²) in [6, 6.07) is 0. The number of hydrogen-bond donors (Lipinski definition) is 0. The van der Waals surface area contributed by atoms with E-state index in [0.717, 1.165) is 0 Å². The summed E-state index contributed by atoms with van der Waals surface area (Å²) in [6.07, 6.45) is 2.38. The second-order valence-corrected chi connectivity index (χ2v) is 3.18. The largest absolute Gasteiger partial charge is 0.508 e. The van der Waals surface area contributed by atoms with E-state index in [0.29, 0.717) is 12.8 Å². The Morgan fingerprint density at radius 3 is 1.56 bits per heavy atom. The lowest BCUT2D eigenvalue weighted by molar-refractivity contribution is 0.0254. The summed E-state index contributed by atoms with van der Waals surface area (Å²) in [5, 5.41) is 0. The first-order valence-electron chi connectivity index (χ1n) is 4.83. The Hall–Kier alpha value is -1.72. The average Bonchev–Trinajstić information content (AvgIpc) is 2.31. The van der Waals surface area contributed by atoms with Crippen molar-refractivity contribution in [2.45, 2.75) is 25.0 Å². The van der Waals surface area contributed by atoms with Crippen LogP contribution in [-0.4, -0.2) is 38.7 Å². The van der Waals surface area contributed by atoms with E-state index in [4.69, 9.17) is 9.47 Å². The Labute approximate surface area is 93.1 Å². The summed E-state index contributed by atoms with van der Waals surface area (Å²) in [4.78, 5) is 21.6. The van der Waals surface area contributed by atoms with Gasteiger partial charge >= 0.3 is 12.3 Å². The maximum absolute atomic E-state index is 10.8. The number of rotatable bonds is 2. The van der Waals surface area contributed by atoms with Gasteiger partial charge in [-0.2, -0.15) is 0 Å². The monoisotopic (exact) mass is 230 g/mol. The Bertz CT molecular complexity index is 257. The van der Waals surface area contributed by atoms with Crippen LogP contribution in [0.4, 0.5) is 9.59 Å². The Morgan fingerprint density at radius 1 is 0.938 bits per heavy atom. The molecular formula is C10H14O6. The molecule has 0 aromatic carbocycles. The van der Waals surface area contributed by atoms with Gasteiger partial charge in [0.15, 0.2) is 0 Å². The van der Waals surface area contributed by atoms with Crippen LogP contribution in [0.15, 0.2) is 12.2 Å². The molecule has 90 valence electrons. The lowest BCUT2D eigenvalue weighted by Gasteiger charge is -2.21. The molecule has 1 aliphatic rings. The van der Waals surface area contributed by atoms with Crippen LogP contribution < -0.4 is 0 Å². The van der Waals surface area contributed by atoms with Crippen LogP contribution in [0.25, 0.3) is 0 Å². The van der Waals surface area contributed by atoms with E-state index in [1.54, 1.807) is 12.2 Å². The summed E-state index contributed by atoms with van der Waals surface area (Å²) < 4.78 is 18.5. The van der Waals surface area contributed by atoms with Crippen LogP contribution in [0.3, 0.4) is 0 Å². The predicted molar refractivity (Wildman–Crippen MR) is 52.9 cm³/mol. The molecule has 0 aromatic heterocycles. The van der Waals surface area contributed by atoms with E-state index in [-0.39, 0.29) is 12.2 Å². The van der Waals surface area contributed by atoms with Crippen molar-refractivity contribution in [3.05, 3.63) is 12.2 Å². The van der Waals surface area contributed by atoms with E-state index in [2.05, 4.69) is 9.47 Å². The molecule has 0 bridgehead atoms. The number of carbonyl (C=O) groups excluding carboxylic acids is 2. The minimum absolute atomic E-state index is 0.329. The Balaban J connectivity index is 2.36. The van der Waals surface area contributed by atoms with Gasteiger partial charge in [-0.05, 0) is 25.0 Å². The zero-order valence-electron chi connectivity index (χ0n) is 9.17. The number of methoxy groups -OCH3 is 2. The lowest BCUT2D eigenvalue weighted by atomic mass is 10.0. The van der Waals surface area contributed by atoms with Gasteiger partial charge in [0, 0.05) is 0 Å². The molecule has 0 aliphatic heterocycles. The molecule has 0 spiro atoms. The quantitative estimate of drug-likeness (QED) is 0.530. The molecule has 0 saturated carbocycles. The third-order valence-electron chi connectivity index (χ3n) is 2.10. The van der Waals surface area contributed by atoms with E-state index in [1.807, 2.05) is 0 Å². The standard InChI is InChI=1S/C10H14O6/c1-13-9(11)15-7-3-5-8(6-4-7)16-10(12)14-2/h3,5,7-8H,4,6H2,1-2H3/t7-,8+. The second-order valence-electron chi connectivity index (χ2n) is 3.18. The van der Waals surface area contributed by atoms with Crippen LogP contribution in [0.1, 0.15) is 12.8 Å². The van der Waals surface area contributed by atoms with Crippen LogP contribution in [0.5, 0.6) is 0 Å². The van der Waals surface area contributed by atoms with Gasteiger partial charge in [0.05, 0.1) is 14.2 Å². The molecule has 1 aliphatic carbocycles. The van der Waals surface area contributed by atoms with Crippen molar-refractivity contribution < 1.29 is 28.5 Å². The summed E-state index contributed by atoms with van der Waals surface area (Å²) in [5.41, 5.74) is 0. The summed E-state index contributed by atoms with van der Waals surface area (Å²) in [5.74, 6) is 0. The average molecular weight is 230 g/mol. The number of ether oxygens (including phenoxy) is 4. The molecule has 0 unspecified atom stereocenters. The van der Waals surface area contributed by atoms with Gasteiger partial charge < -0.3 is 18.9 Å². The van der Waals surface area contributed by atoms with Crippen molar-refractivity contribution in [3.63, 3.8) is 0 Å². The van der Waals surface area contributed by atoms with Crippen LogP contribution >= 0.6 is 0 Å². The lowest BCUT2D eigenvalue weighted by Crippen LogP contribution is -2.25. The summed E-state index contributed by atoms with van der Waals surface area (Å²) in [7, 11) is 2.50. The fourth-order valence-electron chi connectivity index (χ4n) is 1.31. The first kappa shape index (κ1) is 12.4. The van der Waals surface area contributed by atoms with E-state index < -0.39 is 12.3 Å². The minimum atomic E-state index is -0.720. The van der Waals surface area contributed by atoms with Crippen molar-refractivity contribution in [1.82, 2.24) is 0 Å². The molecule has 16 heavy (non-hydrogen) atoms. The third-order valence-corrected chi connectivity index (χ3v) is 2.10. The van der Waals surface area contributed by atoms with Gasteiger partial charge in [-0.3, -0.25) is 0 Å². The third kappa shape index (κ3) is 3.80. The highest BCUT2D eigenvalue weighted by Crippen LogP contribution is 2.17. The smallest absolute Gasteiger partial charge is 0.438 e. The molecule has 0 saturated heterocycles. The molecule has 2 atom stereocenters. The van der Waals surface area contributed by atoms with Gasteiger partial charge in [-0.25, -0.2) is 9.59 Å². The van der Waals surface area contributed by atoms with Crippen molar-refractivity contribution in [2.75, 3.05) is 14.2 Å². The highest BCUT2D eigenvalue weighted by atomic mass is 16.7. The molecule has 0 N–H and O–H groups in total. The van der Waals surface area contributed by atoms with Gasteiger partial charge in [0.25, 0.3) is 0 Å². The molecule has 0 fully saturated rings. The van der Waals surface area contributed by atoms with Crippen LogP contribution in [-0.2, 0) is 18.9 Å². The normalized spacial score (nSPS) is 23.4. The zero-order valence-corrected chi connectivity index (χ0v) is 9.17. The van der Waals surface area contributed by atoms with E-state index >= 15 is 0 Å². The van der Waals surface area contributed by atoms with Crippen molar-refractivity contribution in [1.29, 1.82) is 0 Å². The zero-order chi connectivity index (χ0) is 12.0. The predicted octanol–water partition coefficient (Wildman–Crippen LogP) is 1.64. The van der Waals surface area contributed by atoms with Gasteiger partial charge in [0.1, 0.15) is 12.2 Å². The Kier molecular flexibility index (Phi) is 4.63. The molecule has 0 radical (unpaired) electrons. The highest BCUT2D eigenvalue weighted by molar-refractivity contribution is 5.60. The van der Waals surface area contributed by atoms with Gasteiger partial charge in [-0.1, -0.05) is 0 Å². The minimum Gasteiger partial charge on any atom is -0.438 e. The molecular weight excluding hydrogens is 216 g/mol. The maximum Gasteiger partial charge on any atom is 0.508 e. The Morgan fingerprint density at radius 2 is 1.31 bits per heavy atom. The molecule has 6 heteroatoms. The van der Waals surface area contributed by atoms with Crippen LogP contribution in [0, 0.1) is 0 Å². The second kappa shape index (κ2) is 5.99. The number of hydrogen-bond acceptors (Lipinski definition) is 6. The highest BCUT2D eigenvalue weighted by Gasteiger charge is 2.21. The molecule has 0 heterocycles. The number of carbonyl (C=O) groups is 2. The molecule has 0 aromatic rings. The first-order valence-corrected chi connectivity index (χ1v) is 4.83. The summed E-state index contributed by atoms with van der Waals surface area (Å²) >= 11 is 0. The maximum atomic E-state index is 10.8. The van der Waals surface area contributed by atoms with Crippen molar-refractivity contribution in [3.8, 4) is 0 Å². The van der Waals surface area contributed by atoms with Gasteiger partial charge in [0.2, 0.25) is 0 Å². The van der Waals surface area contributed by atoms with E-state index in [9.17, 15) is 9.59 Å². The van der Waals surface area contributed by atoms with Gasteiger partial charge in [-0.15, -0.1) is 0 Å². The molecule has 0 amide bonds. The SMILES string of the molecule is COC(=O)O[C@@H]1C=C[C@H](OC(=O)OC)CC1. The van der Waals surface area contributed by atoms with Crippen LogP contribution in [0.2, 0.25) is 0 Å². The van der Waals surface area contributed by atoms with Crippen molar-refractivity contribution >= 4 is 12.3 Å². The van der Waals surface area contributed by atoms with Crippen molar-refractivity contribution in [2.24, 2.45) is 0 Å². The fraction of sp³-hybridized carbons (Fsp3) is 0.600. The molecule has 1 rings (SSSR count). The fourth-order valence-corrected chi connectivity index (χ4v) is 1.31. The topological polar surface area (TPSA) is 71.1 Å². The molecule has 6 nitrogen and oxygen atoms in total. The summed E-state index contributed by atoms with van der Waals surface area (Å²) in [6.45, 7) is 0. The van der Waals surface area contributed by atoms with E-state index in [1.165, 1.54) is 14.2 Å². The first-order chi connectivity index (χ1) is 7.65.